The first-order chi connectivity index (χ1) is 10.8. The van der Waals surface area contributed by atoms with Crippen LogP contribution in [0.5, 0.6) is 0 Å². The van der Waals surface area contributed by atoms with E-state index in [1.54, 1.807) is 29.7 Å². The number of nitrogens with zero attached hydrogens (tertiary/aromatic N) is 3. The van der Waals surface area contributed by atoms with Crippen molar-refractivity contribution in [3.05, 3.63) is 40.2 Å². The number of aromatic nitrogens is 1. The molecule has 1 amide bonds. The quantitative estimate of drug-likeness (QED) is 0.869. The van der Waals surface area contributed by atoms with Gasteiger partial charge in [-0.3, -0.25) is 9.69 Å². The van der Waals surface area contributed by atoms with Crippen molar-refractivity contribution in [2.75, 3.05) is 26.2 Å². The number of carbonyl (C=O) groups is 1. The molecule has 2 aromatic rings. The second kappa shape index (κ2) is 5.85. The zero-order chi connectivity index (χ0) is 14.9. The van der Waals surface area contributed by atoms with Crippen LogP contribution in [0.25, 0.3) is 0 Å². The number of piperazine rings is 1. The van der Waals surface area contributed by atoms with E-state index < -0.39 is 0 Å². The summed E-state index contributed by atoms with van der Waals surface area (Å²) >= 11 is 1.80. The average Bonchev–Trinajstić information content (AvgIpc) is 3.06. The normalized spacial score (nSPS) is 19.5. The fourth-order valence-electron chi connectivity index (χ4n) is 2.81. The van der Waals surface area contributed by atoms with Gasteiger partial charge in [-0.25, -0.2) is 4.98 Å². The molecule has 1 aliphatic heterocycles. The number of carbonyl (C=O) groups excluding carboxylic acids is 1. The van der Waals surface area contributed by atoms with Crippen LogP contribution in [0.15, 0.2) is 28.2 Å². The fourth-order valence-corrected chi connectivity index (χ4v) is 3.79. The monoisotopic (exact) mass is 317 g/mol. The average molecular weight is 317 g/mol. The molecule has 2 aromatic heterocycles. The number of hydrogen-bond donors (Lipinski definition) is 0. The molecule has 116 valence electrons. The zero-order valence-corrected chi connectivity index (χ0v) is 13.2. The summed E-state index contributed by atoms with van der Waals surface area (Å²) in [4.78, 5) is 21.2. The Morgan fingerprint density at radius 3 is 2.82 bits per heavy atom. The van der Waals surface area contributed by atoms with E-state index in [1.807, 2.05) is 4.90 Å². The largest absolute Gasteiger partial charge is 0.459 e. The summed E-state index contributed by atoms with van der Waals surface area (Å²) in [7, 11) is 0. The molecule has 0 N–H and O–H groups in total. The predicted octanol–water partition coefficient (Wildman–Crippen LogP) is 2.57. The molecule has 1 saturated carbocycles. The van der Waals surface area contributed by atoms with E-state index in [1.165, 1.54) is 23.5 Å². The molecule has 5 nitrogen and oxygen atoms in total. The Morgan fingerprint density at radius 1 is 1.32 bits per heavy atom. The van der Waals surface area contributed by atoms with Gasteiger partial charge in [-0.05, 0) is 25.0 Å². The van der Waals surface area contributed by atoms with Crippen LogP contribution < -0.4 is 0 Å². The molecule has 4 rings (SSSR count). The van der Waals surface area contributed by atoms with Gasteiger partial charge in [0.2, 0.25) is 0 Å². The van der Waals surface area contributed by atoms with E-state index in [9.17, 15) is 4.79 Å². The van der Waals surface area contributed by atoms with Crippen LogP contribution in [0.4, 0.5) is 0 Å². The minimum absolute atomic E-state index is 0.00525. The van der Waals surface area contributed by atoms with E-state index in [4.69, 9.17) is 9.40 Å². The molecular weight excluding hydrogens is 298 g/mol. The van der Waals surface area contributed by atoms with Crippen LogP contribution in [-0.2, 0) is 6.54 Å². The lowest BCUT2D eigenvalue weighted by molar-refractivity contribution is 0.0596. The molecule has 0 spiro atoms. The third kappa shape index (κ3) is 2.94. The molecule has 0 bridgehead atoms. The minimum atomic E-state index is -0.00525. The van der Waals surface area contributed by atoms with Crippen LogP contribution >= 0.6 is 11.3 Å². The SMILES string of the molecule is O=C(c1ccco1)N1CCN(Cc2csc(C3CC3)n2)CC1. The molecule has 0 unspecified atom stereocenters. The summed E-state index contributed by atoms with van der Waals surface area (Å²) < 4.78 is 5.19. The number of rotatable bonds is 4. The summed E-state index contributed by atoms with van der Waals surface area (Å²) in [5.74, 6) is 1.16. The van der Waals surface area contributed by atoms with Gasteiger partial charge in [0.05, 0.1) is 17.0 Å². The molecule has 2 aliphatic rings. The van der Waals surface area contributed by atoms with Crippen molar-refractivity contribution in [2.45, 2.75) is 25.3 Å². The van der Waals surface area contributed by atoms with Crippen molar-refractivity contribution >= 4 is 17.2 Å². The van der Waals surface area contributed by atoms with Gasteiger partial charge in [0.15, 0.2) is 5.76 Å². The van der Waals surface area contributed by atoms with E-state index in [-0.39, 0.29) is 5.91 Å². The Hall–Kier alpha value is -1.66. The molecule has 1 aliphatic carbocycles. The second-order valence-electron chi connectivity index (χ2n) is 6.00. The number of amides is 1. The van der Waals surface area contributed by atoms with E-state index in [2.05, 4.69) is 10.3 Å². The fraction of sp³-hybridized carbons (Fsp3) is 0.500. The van der Waals surface area contributed by atoms with Gasteiger partial charge >= 0.3 is 0 Å². The first-order valence-electron chi connectivity index (χ1n) is 7.79. The summed E-state index contributed by atoms with van der Waals surface area (Å²) in [6.07, 6.45) is 4.16. The van der Waals surface area contributed by atoms with Crippen molar-refractivity contribution in [2.24, 2.45) is 0 Å². The van der Waals surface area contributed by atoms with Gasteiger partial charge < -0.3 is 9.32 Å². The van der Waals surface area contributed by atoms with Crippen LogP contribution in [0.1, 0.15) is 40.0 Å². The highest BCUT2D eigenvalue weighted by atomic mass is 32.1. The summed E-state index contributed by atoms with van der Waals surface area (Å²) in [6, 6.07) is 3.48. The molecule has 22 heavy (non-hydrogen) atoms. The highest BCUT2D eigenvalue weighted by Gasteiger charge is 2.27. The van der Waals surface area contributed by atoms with Gasteiger partial charge in [-0.1, -0.05) is 0 Å². The number of furan rings is 1. The van der Waals surface area contributed by atoms with Gasteiger partial charge in [0.25, 0.3) is 5.91 Å². The van der Waals surface area contributed by atoms with Crippen LogP contribution in [0.3, 0.4) is 0 Å². The number of thiazole rings is 1. The van der Waals surface area contributed by atoms with Gasteiger partial charge in [0, 0.05) is 44.0 Å². The summed E-state index contributed by atoms with van der Waals surface area (Å²) in [5.41, 5.74) is 1.18. The van der Waals surface area contributed by atoms with Crippen molar-refractivity contribution in [1.29, 1.82) is 0 Å². The molecule has 0 radical (unpaired) electrons. The summed E-state index contributed by atoms with van der Waals surface area (Å²) in [5, 5.41) is 3.50. The second-order valence-corrected chi connectivity index (χ2v) is 6.89. The highest BCUT2D eigenvalue weighted by molar-refractivity contribution is 7.09. The Labute approximate surface area is 133 Å². The van der Waals surface area contributed by atoms with Crippen LogP contribution in [-0.4, -0.2) is 46.9 Å². The smallest absolute Gasteiger partial charge is 0.289 e. The maximum Gasteiger partial charge on any atom is 0.289 e. The third-order valence-corrected chi connectivity index (χ3v) is 5.33. The Balaban J connectivity index is 1.30. The molecule has 1 saturated heterocycles. The van der Waals surface area contributed by atoms with E-state index in [0.29, 0.717) is 5.76 Å². The maximum atomic E-state index is 12.2. The van der Waals surface area contributed by atoms with Gasteiger partial charge in [-0.2, -0.15) is 0 Å². The molecule has 2 fully saturated rings. The van der Waals surface area contributed by atoms with Gasteiger partial charge in [0.1, 0.15) is 0 Å². The number of hydrogen-bond acceptors (Lipinski definition) is 5. The third-order valence-electron chi connectivity index (χ3n) is 4.27. The Morgan fingerprint density at radius 2 is 2.14 bits per heavy atom. The Kier molecular flexibility index (Phi) is 3.72. The Bertz CT molecular complexity index is 640. The predicted molar refractivity (Wildman–Crippen MR) is 84.0 cm³/mol. The van der Waals surface area contributed by atoms with Crippen molar-refractivity contribution < 1.29 is 9.21 Å². The first kappa shape index (κ1) is 14.0. The molecule has 3 heterocycles. The minimum Gasteiger partial charge on any atom is -0.459 e. The molecule has 0 atom stereocenters. The lowest BCUT2D eigenvalue weighted by Crippen LogP contribution is -2.48. The van der Waals surface area contributed by atoms with Crippen LogP contribution in [0, 0.1) is 0 Å². The lowest BCUT2D eigenvalue weighted by atomic mass is 10.2. The van der Waals surface area contributed by atoms with Crippen molar-refractivity contribution in [3.8, 4) is 0 Å². The van der Waals surface area contributed by atoms with E-state index in [0.717, 1.165) is 38.6 Å². The summed E-state index contributed by atoms with van der Waals surface area (Å²) in [6.45, 7) is 4.18. The first-order valence-corrected chi connectivity index (χ1v) is 8.67. The van der Waals surface area contributed by atoms with Crippen molar-refractivity contribution in [3.63, 3.8) is 0 Å². The standard InChI is InChI=1S/C16H19N3O2S/c20-16(14-2-1-9-21-14)19-7-5-18(6-8-19)10-13-11-22-15(17-13)12-3-4-12/h1-2,9,11-12H,3-8,10H2. The van der Waals surface area contributed by atoms with E-state index >= 15 is 0 Å². The van der Waals surface area contributed by atoms with Crippen molar-refractivity contribution in [1.82, 2.24) is 14.8 Å². The maximum absolute atomic E-state index is 12.2. The highest BCUT2D eigenvalue weighted by Crippen LogP contribution is 2.41. The van der Waals surface area contributed by atoms with Gasteiger partial charge in [-0.15, -0.1) is 11.3 Å². The zero-order valence-electron chi connectivity index (χ0n) is 12.4. The molecule has 6 heteroatoms. The molecule has 0 aromatic carbocycles. The lowest BCUT2D eigenvalue weighted by Gasteiger charge is -2.33. The molecular formula is C16H19N3O2S. The van der Waals surface area contributed by atoms with Crippen LogP contribution in [0.2, 0.25) is 0 Å². The topological polar surface area (TPSA) is 49.6 Å².